The number of fused-ring (bicyclic) bond motifs is 1. The Morgan fingerprint density at radius 2 is 2.12 bits per heavy atom. The molecule has 0 fully saturated rings. The standard InChI is InChI=1S/C23H23N5O3S/c1-15-22(32-23(25-15)26-21(29)14-31-12-11-30-2)16-6-8-18-19(27-28-20(18)13-16)9-7-17-5-3-4-10-24-17/h3-10,13H,11-12,14H2,1-2H3,(H,27,28)(H,25,26,29)/b9-7+. The van der Waals surface area contributed by atoms with Crippen LogP contribution in [0.3, 0.4) is 0 Å². The van der Waals surface area contributed by atoms with Gasteiger partial charge in [-0.05, 0) is 48.9 Å². The Hall–Kier alpha value is -3.40. The maximum atomic E-state index is 12.0. The van der Waals surface area contributed by atoms with Gasteiger partial charge in [-0.25, -0.2) is 4.98 Å². The minimum atomic E-state index is -0.241. The van der Waals surface area contributed by atoms with Crippen LogP contribution in [0.4, 0.5) is 5.13 Å². The number of carbonyl (C=O) groups is 1. The second-order valence-corrected chi connectivity index (χ2v) is 7.98. The Morgan fingerprint density at radius 3 is 2.94 bits per heavy atom. The summed E-state index contributed by atoms with van der Waals surface area (Å²) in [6.07, 6.45) is 5.64. The zero-order valence-electron chi connectivity index (χ0n) is 17.8. The van der Waals surface area contributed by atoms with Gasteiger partial charge in [0.05, 0.1) is 40.7 Å². The van der Waals surface area contributed by atoms with E-state index in [1.165, 1.54) is 11.3 Å². The highest BCUT2D eigenvalue weighted by molar-refractivity contribution is 7.19. The number of hydrogen-bond donors (Lipinski definition) is 2. The fourth-order valence-electron chi connectivity index (χ4n) is 3.13. The van der Waals surface area contributed by atoms with E-state index in [0.717, 1.165) is 38.4 Å². The van der Waals surface area contributed by atoms with Gasteiger partial charge in [0.1, 0.15) is 6.61 Å². The lowest BCUT2D eigenvalue weighted by atomic mass is 10.1. The van der Waals surface area contributed by atoms with Gasteiger partial charge in [-0.1, -0.05) is 23.5 Å². The first kappa shape index (κ1) is 21.8. The van der Waals surface area contributed by atoms with Crippen LogP contribution < -0.4 is 5.32 Å². The lowest BCUT2D eigenvalue weighted by Crippen LogP contribution is -2.19. The molecule has 164 valence electrons. The van der Waals surface area contributed by atoms with E-state index in [9.17, 15) is 4.79 Å². The van der Waals surface area contributed by atoms with Gasteiger partial charge in [0.2, 0.25) is 0 Å². The Balaban J connectivity index is 1.48. The van der Waals surface area contributed by atoms with Crippen molar-refractivity contribution in [3.8, 4) is 10.4 Å². The van der Waals surface area contributed by atoms with Crippen LogP contribution in [0.15, 0.2) is 42.6 Å². The van der Waals surface area contributed by atoms with Crippen molar-refractivity contribution in [2.75, 3.05) is 32.2 Å². The molecule has 0 saturated carbocycles. The fourth-order valence-corrected chi connectivity index (χ4v) is 4.11. The first-order chi connectivity index (χ1) is 15.6. The van der Waals surface area contributed by atoms with Gasteiger partial charge in [0, 0.05) is 18.7 Å². The van der Waals surface area contributed by atoms with Crippen molar-refractivity contribution in [2.45, 2.75) is 6.92 Å². The summed E-state index contributed by atoms with van der Waals surface area (Å²) in [7, 11) is 1.59. The molecule has 9 heteroatoms. The fraction of sp³-hybridized carbons (Fsp3) is 0.217. The lowest BCUT2D eigenvalue weighted by molar-refractivity contribution is -0.121. The first-order valence-corrected chi connectivity index (χ1v) is 10.9. The molecule has 0 atom stereocenters. The Morgan fingerprint density at radius 1 is 1.22 bits per heavy atom. The molecule has 0 spiro atoms. The largest absolute Gasteiger partial charge is 0.382 e. The number of rotatable bonds is 9. The van der Waals surface area contributed by atoms with Gasteiger partial charge < -0.3 is 9.47 Å². The van der Waals surface area contributed by atoms with Gasteiger partial charge in [-0.15, -0.1) is 0 Å². The second kappa shape index (κ2) is 10.3. The second-order valence-electron chi connectivity index (χ2n) is 6.98. The van der Waals surface area contributed by atoms with Crippen LogP contribution in [0.5, 0.6) is 0 Å². The summed E-state index contributed by atoms with van der Waals surface area (Å²) in [5.74, 6) is -0.241. The van der Waals surface area contributed by atoms with E-state index >= 15 is 0 Å². The van der Waals surface area contributed by atoms with Crippen molar-refractivity contribution >= 4 is 45.4 Å². The Bertz CT molecular complexity index is 1230. The summed E-state index contributed by atoms with van der Waals surface area (Å²) < 4.78 is 10.1. The molecule has 0 aliphatic rings. The number of pyridine rings is 1. The van der Waals surface area contributed by atoms with E-state index in [2.05, 4.69) is 25.5 Å². The van der Waals surface area contributed by atoms with E-state index in [4.69, 9.17) is 9.47 Å². The quantitative estimate of drug-likeness (QED) is 0.372. The third kappa shape index (κ3) is 5.25. The molecule has 4 aromatic rings. The van der Waals surface area contributed by atoms with E-state index < -0.39 is 0 Å². The van der Waals surface area contributed by atoms with Crippen LogP contribution >= 0.6 is 11.3 Å². The van der Waals surface area contributed by atoms with Crippen LogP contribution in [-0.4, -0.2) is 53.0 Å². The number of H-pyrrole nitrogens is 1. The van der Waals surface area contributed by atoms with Crippen molar-refractivity contribution < 1.29 is 14.3 Å². The van der Waals surface area contributed by atoms with Crippen molar-refractivity contribution in [3.05, 3.63) is 59.7 Å². The highest BCUT2D eigenvalue weighted by Crippen LogP contribution is 2.34. The Kier molecular flexibility index (Phi) is 7.00. The molecule has 3 heterocycles. The topological polar surface area (TPSA) is 102 Å². The highest BCUT2D eigenvalue weighted by atomic mass is 32.1. The monoisotopic (exact) mass is 449 g/mol. The molecule has 0 radical (unpaired) electrons. The van der Waals surface area contributed by atoms with E-state index in [0.29, 0.717) is 18.3 Å². The molecule has 0 unspecified atom stereocenters. The minimum Gasteiger partial charge on any atom is -0.382 e. The first-order valence-electron chi connectivity index (χ1n) is 10.1. The number of nitrogens with one attached hydrogen (secondary N) is 2. The third-order valence-corrected chi connectivity index (χ3v) is 5.78. The molecule has 1 aromatic carbocycles. The van der Waals surface area contributed by atoms with Crippen molar-refractivity contribution in [3.63, 3.8) is 0 Å². The van der Waals surface area contributed by atoms with Crippen LogP contribution in [0, 0.1) is 6.92 Å². The minimum absolute atomic E-state index is 0.0355. The van der Waals surface area contributed by atoms with Crippen LogP contribution in [-0.2, 0) is 14.3 Å². The van der Waals surface area contributed by atoms with Crippen LogP contribution in [0.1, 0.15) is 17.1 Å². The number of carbonyl (C=O) groups excluding carboxylic acids is 1. The summed E-state index contributed by atoms with van der Waals surface area (Å²) >= 11 is 1.43. The van der Waals surface area contributed by atoms with E-state index in [1.807, 2.05) is 55.5 Å². The maximum Gasteiger partial charge on any atom is 0.252 e. The van der Waals surface area contributed by atoms with Crippen molar-refractivity contribution in [1.29, 1.82) is 0 Å². The van der Waals surface area contributed by atoms with Gasteiger partial charge >= 0.3 is 0 Å². The predicted molar refractivity (Wildman–Crippen MR) is 126 cm³/mol. The van der Waals surface area contributed by atoms with Gasteiger partial charge in [0.15, 0.2) is 5.13 Å². The average Bonchev–Trinajstić information content (AvgIpc) is 3.38. The summed E-state index contributed by atoms with van der Waals surface area (Å²) in [5, 5.41) is 11.9. The number of methoxy groups -OCH3 is 1. The van der Waals surface area contributed by atoms with Crippen molar-refractivity contribution in [2.24, 2.45) is 0 Å². The third-order valence-electron chi connectivity index (χ3n) is 4.66. The molecular weight excluding hydrogens is 426 g/mol. The molecular formula is C23H23N5O3S. The number of benzene rings is 1. The van der Waals surface area contributed by atoms with E-state index in [-0.39, 0.29) is 12.5 Å². The number of anilines is 1. The molecule has 0 aliphatic carbocycles. The zero-order chi connectivity index (χ0) is 22.3. The molecule has 1 amide bonds. The summed E-state index contributed by atoms with van der Waals surface area (Å²) in [6.45, 7) is 2.71. The molecule has 3 aromatic heterocycles. The summed E-state index contributed by atoms with van der Waals surface area (Å²) in [5.41, 5.74) is 4.50. The number of amides is 1. The maximum absolute atomic E-state index is 12.0. The molecule has 8 nitrogen and oxygen atoms in total. The number of ether oxygens (including phenoxy) is 2. The lowest BCUT2D eigenvalue weighted by Gasteiger charge is -2.03. The van der Waals surface area contributed by atoms with Gasteiger partial charge in [-0.3, -0.25) is 20.2 Å². The molecule has 0 bridgehead atoms. The SMILES string of the molecule is COCCOCC(=O)Nc1nc(C)c(-c2ccc3c(/C=C/c4ccccn4)n[nH]c3c2)s1. The Labute approximate surface area is 189 Å². The molecule has 4 rings (SSSR count). The number of aromatic nitrogens is 4. The van der Waals surface area contributed by atoms with Crippen LogP contribution in [0.25, 0.3) is 33.5 Å². The summed E-state index contributed by atoms with van der Waals surface area (Å²) in [4.78, 5) is 21.8. The smallest absolute Gasteiger partial charge is 0.252 e. The number of aryl methyl sites for hydroxylation is 1. The number of nitrogens with zero attached hydrogens (tertiary/aromatic N) is 3. The normalized spacial score (nSPS) is 11.4. The van der Waals surface area contributed by atoms with Crippen LogP contribution in [0.2, 0.25) is 0 Å². The zero-order valence-corrected chi connectivity index (χ0v) is 18.6. The summed E-state index contributed by atoms with van der Waals surface area (Å²) in [6, 6.07) is 11.9. The average molecular weight is 450 g/mol. The molecule has 32 heavy (non-hydrogen) atoms. The number of hydrogen-bond acceptors (Lipinski definition) is 7. The van der Waals surface area contributed by atoms with Gasteiger partial charge in [-0.2, -0.15) is 5.10 Å². The molecule has 0 aliphatic heterocycles. The number of aromatic amines is 1. The predicted octanol–water partition coefficient (Wildman–Crippen LogP) is 4.16. The van der Waals surface area contributed by atoms with Crippen molar-refractivity contribution in [1.82, 2.24) is 20.2 Å². The van der Waals surface area contributed by atoms with Gasteiger partial charge in [0.25, 0.3) is 5.91 Å². The molecule has 0 saturated heterocycles. The highest BCUT2D eigenvalue weighted by Gasteiger charge is 2.14. The number of thiazole rings is 1. The molecule has 2 N–H and O–H groups in total. The van der Waals surface area contributed by atoms with E-state index in [1.54, 1.807) is 13.3 Å².